The van der Waals surface area contributed by atoms with E-state index < -0.39 is 5.91 Å². The molecule has 0 bridgehead atoms. The van der Waals surface area contributed by atoms with Gasteiger partial charge in [-0.05, 0) is 0 Å². The summed E-state index contributed by atoms with van der Waals surface area (Å²) in [5.74, 6) is -0.764. The maximum atomic E-state index is 10.9. The van der Waals surface area contributed by atoms with E-state index in [1.54, 1.807) is 14.2 Å². The Morgan fingerprint density at radius 3 is 1.62 bits per heavy atom. The third-order valence-electron chi connectivity index (χ3n) is 3.53. The topological polar surface area (TPSA) is 38.7 Å². The van der Waals surface area contributed by atoms with Crippen LogP contribution in [0.3, 0.4) is 0 Å². The van der Waals surface area contributed by atoms with Gasteiger partial charge in [-0.25, -0.2) is 0 Å². The molecule has 0 aliphatic carbocycles. The van der Waals surface area contributed by atoms with Crippen molar-refractivity contribution in [3.63, 3.8) is 0 Å². The molecule has 0 saturated heterocycles. The molecule has 0 aliphatic rings. The third-order valence-corrected chi connectivity index (χ3v) is 5.81. The molecule has 0 heterocycles. The average Bonchev–Trinajstić information content (AvgIpc) is 2.47. The van der Waals surface area contributed by atoms with Gasteiger partial charge in [0, 0.05) is 0 Å². The first-order chi connectivity index (χ1) is 10.1. The van der Waals surface area contributed by atoms with E-state index in [0.29, 0.717) is 12.3 Å². The van der Waals surface area contributed by atoms with Crippen LogP contribution in [0.1, 0.15) is 11.1 Å². The molecule has 5 heteroatoms. The van der Waals surface area contributed by atoms with Gasteiger partial charge in [0.25, 0.3) is 0 Å². The summed E-state index contributed by atoms with van der Waals surface area (Å²) in [6.45, 7) is 0. The van der Waals surface area contributed by atoms with E-state index in [-0.39, 0.29) is 0 Å². The van der Waals surface area contributed by atoms with Gasteiger partial charge in [0.05, 0.1) is 0 Å². The first-order valence-electron chi connectivity index (χ1n) is 7.02. The van der Waals surface area contributed by atoms with Gasteiger partial charge < -0.3 is 0 Å². The normalized spacial score (nSPS) is 12.0. The molecule has 0 unspecified atom stereocenters. The van der Waals surface area contributed by atoms with Crippen LogP contribution in [0.4, 0.5) is 0 Å². The first kappa shape index (κ1) is 16.4. The second-order valence-corrected chi connectivity index (χ2v) is 9.18. The fourth-order valence-electron chi connectivity index (χ4n) is 2.58. The van der Waals surface area contributed by atoms with Crippen LogP contribution in [0.15, 0.2) is 48.5 Å². The van der Waals surface area contributed by atoms with E-state index in [1.165, 1.54) is 0 Å². The Hall–Kier alpha value is -0.973. The van der Waals surface area contributed by atoms with Crippen LogP contribution >= 0.6 is 5.91 Å². The molecule has 108 valence electrons. The quantitative estimate of drug-likeness (QED) is 0.658. The maximum absolute atomic E-state index is 10.9. The van der Waals surface area contributed by atoms with Crippen molar-refractivity contribution in [2.75, 3.05) is 14.2 Å². The molecule has 2 aromatic carbocycles. The van der Waals surface area contributed by atoms with E-state index in [2.05, 4.69) is 0 Å². The Kier molecular flexibility index (Phi) is 5.73. The van der Waals surface area contributed by atoms with E-state index in [4.69, 9.17) is 9.47 Å². The van der Waals surface area contributed by atoms with E-state index >= 15 is 0 Å². The molecule has 0 saturated carbocycles. The Labute approximate surface area is 135 Å². The van der Waals surface area contributed by atoms with Gasteiger partial charge in [-0.15, -0.1) is 0 Å². The summed E-state index contributed by atoms with van der Waals surface area (Å²) in [6.07, 6.45) is 1.32. The fourth-order valence-corrected chi connectivity index (χ4v) is 4.93. The molecule has 0 aromatic heterocycles. The van der Waals surface area contributed by atoms with Crippen molar-refractivity contribution in [3.8, 4) is 11.5 Å². The van der Waals surface area contributed by atoms with Crippen molar-refractivity contribution >= 4 is 23.2 Å². The summed E-state index contributed by atoms with van der Waals surface area (Å²) in [6, 6.07) is 15.7. The molecule has 3 nitrogen and oxygen atoms in total. The van der Waals surface area contributed by atoms with E-state index in [1.807, 2.05) is 65.8 Å². The zero-order valence-corrected chi connectivity index (χ0v) is 13.8. The second-order valence-electron chi connectivity index (χ2n) is 5.47. The van der Waals surface area contributed by atoms with Crippen LogP contribution in [0.5, 0.6) is 11.5 Å². The molecule has 0 amide bonds. The molecule has 2 rings (SSSR count). The molecule has 0 aliphatic heterocycles. The van der Waals surface area contributed by atoms with Crippen molar-refractivity contribution in [3.05, 3.63) is 59.7 Å². The Morgan fingerprint density at radius 2 is 1.24 bits per heavy atom. The molecular formula is C16H20LiO3P. The van der Waals surface area contributed by atoms with Crippen LogP contribution in [-0.4, -0.2) is 36.4 Å². The van der Waals surface area contributed by atoms with Crippen LogP contribution < -0.4 is 9.47 Å². The minimum absolute atomic E-state index is 0.662. The van der Waals surface area contributed by atoms with Crippen LogP contribution in [0.2, 0.25) is 0 Å². The van der Waals surface area contributed by atoms with Crippen LogP contribution in [-0.2, 0) is 12.3 Å². The number of para-hydroxylation sites is 2. The molecule has 1 N–H and O–H groups in total. The molecule has 21 heavy (non-hydrogen) atoms. The molecule has 0 spiro atoms. The average molecular weight is 298 g/mol. The molecule has 0 radical (unpaired) electrons. The van der Waals surface area contributed by atoms with E-state index in [9.17, 15) is 4.89 Å². The number of ether oxygens (including phenoxy) is 2. The van der Waals surface area contributed by atoms with Gasteiger partial charge in [-0.1, -0.05) is 0 Å². The minimum atomic E-state index is -2.44. The summed E-state index contributed by atoms with van der Waals surface area (Å²) >= 11 is 1.98. The summed E-state index contributed by atoms with van der Waals surface area (Å²) in [7, 11) is 3.32. The van der Waals surface area contributed by atoms with Crippen molar-refractivity contribution in [2.45, 2.75) is 12.3 Å². The molecule has 0 atom stereocenters. The number of hydrogen-bond donors (Lipinski definition) is 1. The third kappa shape index (κ3) is 4.50. The summed E-state index contributed by atoms with van der Waals surface area (Å²) in [4.78, 5) is 10.9. The van der Waals surface area contributed by atoms with Crippen LogP contribution in [0.25, 0.3) is 0 Å². The standard InChI is InChI=1S/C16H19O3P.Li/c1-18-15-9-5-3-7-13(15)11-20(17)12-14-8-4-6-10-16(14)19-2;/h3-10,17H,11-12H2,1-2H3;/q;-1/p+1. The first-order valence-corrected chi connectivity index (χ1v) is 9.88. The summed E-state index contributed by atoms with van der Waals surface area (Å²) < 4.78 is 10.7. The Bertz CT molecular complexity index is 550. The Morgan fingerprint density at radius 1 is 0.857 bits per heavy atom. The zero-order valence-electron chi connectivity index (χ0n) is 12.8. The van der Waals surface area contributed by atoms with Gasteiger partial charge >= 0.3 is 135 Å². The fraction of sp³-hybridized carbons (Fsp3) is 0.250. The molecular weight excluding hydrogens is 278 g/mol. The van der Waals surface area contributed by atoms with E-state index in [0.717, 1.165) is 22.6 Å². The predicted molar refractivity (Wildman–Crippen MR) is 89.7 cm³/mol. The molecule has 2 aromatic rings. The van der Waals surface area contributed by atoms with Crippen molar-refractivity contribution < 1.29 is 14.4 Å². The van der Waals surface area contributed by atoms with Crippen molar-refractivity contribution in [2.24, 2.45) is 0 Å². The van der Waals surface area contributed by atoms with Gasteiger partial charge in [0.15, 0.2) is 0 Å². The van der Waals surface area contributed by atoms with Gasteiger partial charge in [0.1, 0.15) is 0 Å². The summed E-state index contributed by atoms with van der Waals surface area (Å²) in [5, 5.41) is 0. The number of methoxy groups -OCH3 is 2. The number of benzene rings is 2. The second kappa shape index (κ2) is 7.34. The molecule has 0 fully saturated rings. The van der Waals surface area contributed by atoms with Crippen molar-refractivity contribution in [1.29, 1.82) is 0 Å². The number of rotatable bonds is 6. The SMILES string of the molecule is [Li][PH](O)(Cc1ccccc1OC)Cc1ccccc1OC. The predicted octanol–water partition coefficient (Wildman–Crippen LogP) is 3.14. The monoisotopic (exact) mass is 298 g/mol. The van der Waals surface area contributed by atoms with Gasteiger partial charge in [-0.2, -0.15) is 0 Å². The Balaban J connectivity index is 2.18. The zero-order chi connectivity index (χ0) is 15.3. The number of hydrogen-bond acceptors (Lipinski definition) is 3. The van der Waals surface area contributed by atoms with Gasteiger partial charge in [0.2, 0.25) is 0 Å². The summed E-state index contributed by atoms with van der Waals surface area (Å²) in [5.41, 5.74) is 2.12. The van der Waals surface area contributed by atoms with Crippen molar-refractivity contribution in [1.82, 2.24) is 0 Å². The van der Waals surface area contributed by atoms with Crippen LogP contribution in [0, 0.1) is 0 Å². The van der Waals surface area contributed by atoms with Gasteiger partial charge in [-0.3, -0.25) is 0 Å².